The van der Waals surface area contributed by atoms with Gasteiger partial charge in [0.2, 0.25) is 0 Å². The molecule has 79 heavy (non-hydrogen) atoms. The summed E-state index contributed by atoms with van der Waals surface area (Å²) in [5.74, 6) is -0.858. The molecule has 6 heteroatoms. The van der Waals surface area contributed by atoms with E-state index in [1.165, 1.54) is 289 Å². The third kappa shape index (κ3) is 66.3. The molecular weight excluding hydrogens is 973 g/mol. The third-order valence-corrected chi connectivity index (χ3v) is 16.1. The predicted octanol–water partition coefficient (Wildman–Crippen LogP) is 24.3. The monoisotopic (exact) mass is 1110 g/mol. The van der Waals surface area contributed by atoms with Crippen LogP contribution >= 0.6 is 0 Å². The van der Waals surface area contributed by atoms with Crippen molar-refractivity contribution in [2.45, 2.75) is 399 Å². The molecule has 0 aliphatic carbocycles. The lowest BCUT2D eigenvalue weighted by atomic mass is 10.0. The van der Waals surface area contributed by atoms with E-state index in [0.717, 1.165) is 64.2 Å². The number of esters is 3. The maximum atomic E-state index is 12.9. The second-order valence-electron chi connectivity index (χ2n) is 24.1. The minimum Gasteiger partial charge on any atom is -0.462 e. The van der Waals surface area contributed by atoms with Crippen molar-refractivity contribution in [3.8, 4) is 0 Å². The van der Waals surface area contributed by atoms with Gasteiger partial charge in [-0.1, -0.05) is 314 Å². The molecule has 0 rings (SSSR count). The molecule has 1 unspecified atom stereocenters. The van der Waals surface area contributed by atoms with Crippen molar-refractivity contribution in [3.63, 3.8) is 0 Å². The van der Waals surface area contributed by atoms with Crippen LogP contribution in [-0.4, -0.2) is 37.2 Å². The minimum absolute atomic E-state index is 0.0724. The predicted molar refractivity (Wildman–Crippen MR) is 344 cm³/mol. The maximum absolute atomic E-state index is 12.9. The normalized spacial score (nSPS) is 12.2. The fourth-order valence-corrected chi connectivity index (χ4v) is 10.7. The molecule has 0 radical (unpaired) electrons. The Labute approximate surface area is 493 Å². The van der Waals surface area contributed by atoms with Gasteiger partial charge in [-0.05, 0) is 96.3 Å². The van der Waals surface area contributed by atoms with E-state index >= 15 is 0 Å². The summed E-state index contributed by atoms with van der Waals surface area (Å²) >= 11 is 0. The number of carbonyl (C=O) groups is 3. The summed E-state index contributed by atoms with van der Waals surface area (Å²) in [5, 5.41) is 0. The average molecular weight is 1110 g/mol. The number of carbonyl (C=O) groups excluding carboxylic acids is 3. The van der Waals surface area contributed by atoms with Crippen LogP contribution in [0.25, 0.3) is 0 Å². The van der Waals surface area contributed by atoms with Crippen molar-refractivity contribution in [1.29, 1.82) is 0 Å². The van der Waals surface area contributed by atoms with Crippen molar-refractivity contribution in [2.75, 3.05) is 13.2 Å². The van der Waals surface area contributed by atoms with Gasteiger partial charge in [0.05, 0.1) is 0 Å². The van der Waals surface area contributed by atoms with Crippen molar-refractivity contribution in [1.82, 2.24) is 0 Å². The van der Waals surface area contributed by atoms with Crippen molar-refractivity contribution in [2.24, 2.45) is 0 Å². The molecule has 0 saturated heterocycles. The molecule has 0 amide bonds. The first-order valence-electron chi connectivity index (χ1n) is 35.5. The van der Waals surface area contributed by atoms with Crippen LogP contribution in [0.3, 0.4) is 0 Å². The highest BCUT2D eigenvalue weighted by Crippen LogP contribution is 2.18. The molecule has 6 nitrogen and oxygen atoms in total. The second-order valence-corrected chi connectivity index (χ2v) is 24.1. The summed E-state index contributed by atoms with van der Waals surface area (Å²) in [6, 6.07) is 0. The fraction of sp³-hybridized carbons (Fsp3) is 0.877. The van der Waals surface area contributed by atoms with Gasteiger partial charge in [0.25, 0.3) is 0 Å². The van der Waals surface area contributed by atoms with Gasteiger partial charge in [0, 0.05) is 19.3 Å². The average Bonchev–Trinajstić information content (AvgIpc) is 3.45. The first kappa shape index (κ1) is 76.6. The van der Waals surface area contributed by atoms with Crippen LogP contribution < -0.4 is 0 Å². The zero-order valence-corrected chi connectivity index (χ0v) is 53.4. The van der Waals surface area contributed by atoms with E-state index in [2.05, 4.69) is 57.2 Å². The van der Waals surface area contributed by atoms with Crippen LogP contribution in [0.15, 0.2) is 36.5 Å². The molecule has 0 aromatic heterocycles. The van der Waals surface area contributed by atoms with Crippen LogP contribution in [0.4, 0.5) is 0 Å². The summed E-state index contributed by atoms with van der Waals surface area (Å²) in [5.41, 5.74) is 0. The smallest absolute Gasteiger partial charge is 0.306 e. The quantitative estimate of drug-likeness (QED) is 0.0261. The molecule has 0 spiro atoms. The Morgan fingerprint density at radius 1 is 0.241 bits per heavy atom. The minimum atomic E-state index is -0.777. The summed E-state index contributed by atoms with van der Waals surface area (Å²) < 4.78 is 17.0. The SMILES string of the molecule is CCCCCCCCC/C=C\CCCCCCCCCC(=O)OC(COC(=O)CCCCCCC/C=C\CCCCCCCCC)COC(=O)CCCCCCCCCCCCCCCCC/C=C\CCCCCCCCCC. The van der Waals surface area contributed by atoms with E-state index in [1.54, 1.807) is 0 Å². The highest BCUT2D eigenvalue weighted by Gasteiger charge is 2.19. The lowest BCUT2D eigenvalue weighted by Crippen LogP contribution is -2.30. The Hall–Kier alpha value is -2.37. The Bertz CT molecular complexity index is 1320. The van der Waals surface area contributed by atoms with E-state index in [-0.39, 0.29) is 31.1 Å². The van der Waals surface area contributed by atoms with Gasteiger partial charge in [-0.3, -0.25) is 14.4 Å². The molecule has 0 aliphatic rings. The van der Waals surface area contributed by atoms with Crippen molar-refractivity contribution in [3.05, 3.63) is 36.5 Å². The van der Waals surface area contributed by atoms with Gasteiger partial charge in [0.15, 0.2) is 6.10 Å². The fourth-order valence-electron chi connectivity index (χ4n) is 10.7. The van der Waals surface area contributed by atoms with Crippen molar-refractivity contribution < 1.29 is 28.6 Å². The summed E-state index contributed by atoms with van der Waals surface area (Å²) in [6.45, 7) is 6.70. The number of rotatable bonds is 66. The largest absolute Gasteiger partial charge is 0.462 e. The second kappa shape index (κ2) is 68.1. The number of unbranched alkanes of at least 4 members (excludes halogenated alkanes) is 49. The Kier molecular flexibility index (Phi) is 66.1. The van der Waals surface area contributed by atoms with Gasteiger partial charge in [-0.25, -0.2) is 0 Å². The van der Waals surface area contributed by atoms with Crippen LogP contribution in [0, 0.1) is 0 Å². The highest BCUT2D eigenvalue weighted by atomic mass is 16.6. The number of allylic oxidation sites excluding steroid dienone is 6. The molecule has 0 aromatic rings. The molecule has 0 saturated carbocycles. The molecule has 0 bridgehead atoms. The summed E-state index contributed by atoms with van der Waals surface area (Å²) in [7, 11) is 0. The molecule has 0 N–H and O–H groups in total. The standard InChI is InChI=1S/C73H136O6/c1-4-7-10-13-16-19-22-25-28-31-33-34-35-36-37-38-39-40-41-43-45-48-51-54-57-60-63-66-72(75)78-69-70(68-77-71(74)65-62-59-56-53-50-47-44-30-27-24-21-18-15-12-9-6-3)79-73(76)67-64-61-58-55-52-49-46-42-32-29-26-23-20-17-14-11-8-5-2/h29-33,44,70H,4-28,34-43,45-69H2,1-3H3/b32-29-,33-31-,44-30-. The first-order chi connectivity index (χ1) is 39.0. The number of ether oxygens (including phenoxy) is 3. The molecule has 464 valence electrons. The van der Waals surface area contributed by atoms with Gasteiger partial charge >= 0.3 is 17.9 Å². The maximum Gasteiger partial charge on any atom is 0.306 e. The Morgan fingerprint density at radius 3 is 0.633 bits per heavy atom. The van der Waals surface area contributed by atoms with Crippen molar-refractivity contribution >= 4 is 17.9 Å². The summed E-state index contributed by atoms with van der Waals surface area (Å²) in [6.07, 6.45) is 84.6. The topological polar surface area (TPSA) is 78.9 Å². The van der Waals surface area contributed by atoms with Crippen LogP contribution in [-0.2, 0) is 28.6 Å². The zero-order valence-electron chi connectivity index (χ0n) is 53.4. The Balaban J connectivity index is 4.26. The van der Waals surface area contributed by atoms with Gasteiger partial charge in [-0.2, -0.15) is 0 Å². The number of hydrogen-bond donors (Lipinski definition) is 0. The molecule has 0 aromatic carbocycles. The summed E-state index contributed by atoms with van der Waals surface area (Å²) in [4.78, 5) is 38.4. The lowest BCUT2D eigenvalue weighted by Gasteiger charge is -2.18. The Morgan fingerprint density at radius 2 is 0.418 bits per heavy atom. The van der Waals surface area contributed by atoms with E-state index < -0.39 is 6.10 Å². The molecule has 0 heterocycles. The molecular formula is C73H136O6. The first-order valence-corrected chi connectivity index (χ1v) is 35.5. The molecule has 1 atom stereocenters. The van der Waals surface area contributed by atoms with Crippen LogP contribution in [0.2, 0.25) is 0 Å². The van der Waals surface area contributed by atoms with E-state index in [0.29, 0.717) is 19.3 Å². The van der Waals surface area contributed by atoms with E-state index in [1.807, 2.05) is 0 Å². The number of hydrogen-bond acceptors (Lipinski definition) is 6. The van der Waals surface area contributed by atoms with E-state index in [9.17, 15) is 14.4 Å². The van der Waals surface area contributed by atoms with E-state index in [4.69, 9.17) is 14.2 Å². The zero-order chi connectivity index (χ0) is 57.1. The van der Waals surface area contributed by atoms with Gasteiger partial charge in [0.1, 0.15) is 13.2 Å². The van der Waals surface area contributed by atoms with Gasteiger partial charge in [-0.15, -0.1) is 0 Å². The van der Waals surface area contributed by atoms with Crippen LogP contribution in [0.5, 0.6) is 0 Å². The third-order valence-electron chi connectivity index (χ3n) is 16.1. The lowest BCUT2D eigenvalue weighted by molar-refractivity contribution is -0.167. The van der Waals surface area contributed by atoms with Crippen LogP contribution in [0.1, 0.15) is 393 Å². The highest BCUT2D eigenvalue weighted by molar-refractivity contribution is 5.71. The van der Waals surface area contributed by atoms with Gasteiger partial charge < -0.3 is 14.2 Å². The molecule has 0 aliphatic heterocycles. The molecule has 0 fully saturated rings.